The molecular weight excluding hydrogens is 453 g/mol. The van der Waals surface area contributed by atoms with Crippen molar-refractivity contribution >= 4 is 15.9 Å². The molecule has 6 nitrogen and oxygen atoms in total. The monoisotopic (exact) mass is 487 g/mol. The summed E-state index contributed by atoms with van der Waals surface area (Å²) >= 11 is 0. The van der Waals surface area contributed by atoms with E-state index in [0.717, 1.165) is 70.1 Å². The summed E-state index contributed by atoms with van der Waals surface area (Å²) in [5.74, 6) is -0.475. The van der Waals surface area contributed by atoms with Crippen molar-refractivity contribution in [2.45, 2.75) is 68.5 Å². The molecule has 2 fully saturated rings. The zero-order chi connectivity index (χ0) is 24.1. The van der Waals surface area contributed by atoms with Crippen LogP contribution in [0.5, 0.6) is 0 Å². The van der Waals surface area contributed by atoms with Crippen LogP contribution in [0.4, 0.5) is 4.39 Å². The zero-order valence-electron chi connectivity index (χ0n) is 19.7. The lowest BCUT2D eigenvalue weighted by Crippen LogP contribution is -2.44. The largest absolute Gasteiger partial charge is 0.349 e. The minimum atomic E-state index is -3.64. The predicted octanol–water partition coefficient (Wildman–Crippen LogP) is 4.17. The highest BCUT2D eigenvalue weighted by Gasteiger charge is 2.29. The topological polar surface area (TPSA) is 69.7 Å². The van der Waals surface area contributed by atoms with Gasteiger partial charge in [-0.15, -0.1) is 0 Å². The second kappa shape index (κ2) is 11.0. The molecule has 2 aliphatic rings. The van der Waals surface area contributed by atoms with Gasteiger partial charge in [-0.3, -0.25) is 9.69 Å². The van der Waals surface area contributed by atoms with Gasteiger partial charge in [0.15, 0.2) is 0 Å². The third-order valence-corrected chi connectivity index (χ3v) is 9.01. The van der Waals surface area contributed by atoms with E-state index in [1.807, 2.05) is 0 Å². The van der Waals surface area contributed by atoms with Gasteiger partial charge in [0.2, 0.25) is 10.0 Å². The number of likely N-dealkylation sites (tertiary alicyclic amines) is 1. The Morgan fingerprint density at radius 2 is 1.71 bits per heavy atom. The molecule has 0 spiro atoms. The molecule has 1 heterocycles. The molecular formula is C26H34FN3O3S. The Morgan fingerprint density at radius 1 is 1.03 bits per heavy atom. The summed E-state index contributed by atoms with van der Waals surface area (Å²) in [6, 6.07) is 13.0. The fraction of sp³-hybridized carbons (Fsp3) is 0.500. The van der Waals surface area contributed by atoms with Crippen molar-refractivity contribution in [3.63, 3.8) is 0 Å². The molecule has 0 atom stereocenters. The first-order valence-electron chi connectivity index (χ1n) is 12.2. The van der Waals surface area contributed by atoms with E-state index in [1.165, 1.54) is 22.5 Å². The Bertz CT molecular complexity index is 1080. The van der Waals surface area contributed by atoms with Crippen LogP contribution in [0.2, 0.25) is 0 Å². The number of nitrogens with one attached hydrogen (secondary N) is 1. The van der Waals surface area contributed by atoms with Crippen molar-refractivity contribution < 1.29 is 17.6 Å². The van der Waals surface area contributed by atoms with Crippen molar-refractivity contribution in [1.82, 2.24) is 14.5 Å². The van der Waals surface area contributed by atoms with Crippen LogP contribution >= 0.6 is 0 Å². The van der Waals surface area contributed by atoms with Crippen LogP contribution in [0.25, 0.3) is 0 Å². The fourth-order valence-corrected chi connectivity index (χ4v) is 6.42. The highest BCUT2D eigenvalue weighted by atomic mass is 32.2. The molecule has 2 aromatic rings. The standard InChI is InChI=1S/C26H34FN3O3S/c1-29(24-7-3-2-4-8-24)34(32,33)25-9-5-6-21(18-25)26(31)28-23-14-16-30(17-15-23)19-20-10-12-22(27)13-11-20/h5-6,9-13,18,23-24H,2-4,7-8,14-17,19H2,1H3,(H,28,31). The number of sulfonamides is 1. The van der Waals surface area contributed by atoms with E-state index in [-0.39, 0.29) is 28.7 Å². The molecule has 0 aromatic heterocycles. The first-order chi connectivity index (χ1) is 16.3. The van der Waals surface area contributed by atoms with E-state index in [0.29, 0.717) is 5.56 Å². The van der Waals surface area contributed by atoms with E-state index >= 15 is 0 Å². The van der Waals surface area contributed by atoms with Crippen molar-refractivity contribution in [3.8, 4) is 0 Å². The van der Waals surface area contributed by atoms with Crippen LogP contribution in [0, 0.1) is 5.82 Å². The minimum Gasteiger partial charge on any atom is -0.349 e. The summed E-state index contributed by atoms with van der Waals surface area (Å²) in [6.45, 7) is 2.43. The molecule has 34 heavy (non-hydrogen) atoms. The number of hydrogen-bond donors (Lipinski definition) is 1. The number of halogens is 1. The third kappa shape index (κ3) is 6.03. The molecule has 1 N–H and O–H groups in total. The lowest BCUT2D eigenvalue weighted by atomic mass is 9.96. The van der Waals surface area contributed by atoms with Gasteiger partial charge in [-0.25, -0.2) is 12.8 Å². The van der Waals surface area contributed by atoms with E-state index < -0.39 is 10.0 Å². The quantitative estimate of drug-likeness (QED) is 0.636. The summed E-state index contributed by atoms with van der Waals surface area (Å²) in [7, 11) is -1.99. The Balaban J connectivity index is 1.33. The second-order valence-electron chi connectivity index (χ2n) is 9.49. The number of benzene rings is 2. The van der Waals surface area contributed by atoms with Crippen molar-refractivity contribution in [2.75, 3.05) is 20.1 Å². The molecule has 1 saturated carbocycles. The second-order valence-corrected chi connectivity index (χ2v) is 11.5. The van der Waals surface area contributed by atoms with Crippen LogP contribution in [-0.4, -0.2) is 55.8 Å². The SMILES string of the molecule is CN(C1CCCCC1)S(=O)(=O)c1cccc(C(=O)NC2CCN(Cc3ccc(F)cc3)CC2)c1. The van der Waals surface area contributed by atoms with E-state index in [4.69, 9.17) is 0 Å². The number of amides is 1. The lowest BCUT2D eigenvalue weighted by Gasteiger charge is -2.32. The molecule has 184 valence electrons. The van der Waals surface area contributed by atoms with Gasteiger partial charge in [0.1, 0.15) is 5.82 Å². The molecule has 1 aliphatic carbocycles. The van der Waals surface area contributed by atoms with Gasteiger partial charge in [-0.2, -0.15) is 4.31 Å². The van der Waals surface area contributed by atoms with Crippen molar-refractivity contribution in [2.24, 2.45) is 0 Å². The average Bonchev–Trinajstić information content (AvgIpc) is 2.86. The van der Waals surface area contributed by atoms with Gasteiger partial charge in [-0.1, -0.05) is 37.5 Å². The predicted molar refractivity (Wildman–Crippen MR) is 130 cm³/mol. The summed E-state index contributed by atoms with van der Waals surface area (Å²) in [5, 5.41) is 3.07. The molecule has 4 rings (SSSR count). The van der Waals surface area contributed by atoms with E-state index in [1.54, 1.807) is 37.4 Å². The summed E-state index contributed by atoms with van der Waals surface area (Å²) < 4.78 is 40.9. The van der Waals surface area contributed by atoms with Gasteiger partial charge in [0.25, 0.3) is 5.91 Å². The van der Waals surface area contributed by atoms with Crippen molar-refractivity contribution in [1.29, 1.82) is 0 Å². The van der Waals surface area contributed by atoms with Crippen LogP contribution in [0.15, 0.2) is 53.4 Å². The smallest absolute Gasteiger partial charge is 0.251 e. The maximum atomic E-state index is 13.2. The van der Waals surface area contributed by atoms with Crippen LogP contribution in [-0.2, 0) is 16.6 Å². The highest BCUT2D eigenvalue weighted by Crippen LogP contribution is 2.27. The molecule has 0 bridgehead atoms. The highest BCUT2D eigenvalue weighted by molar-refractivity contribution is 7.89. The Morgan fingerprint density at radius 3 is 2.38 bits per heavy atom. The van der Waals surface area contributed by atoms with Gasteiger partial charge < -0.3 is 5.32 Å². The fourth-order valence-electron chi connectivity index (χ4n) is 4.96. The molecule has 0 radical (unpaired) electrons. The lowest BCUT2D eigenvalue weighted by molar-refractivity contribution is 0.0908. The van der Waals surface area contributed by atoms with Gasteiger partial charge in [0.05, 0.1) is 4.90 Å². The number of piperidine rings is 1. The third-order valence-electron chi connectivity index (χ3n) is 7.10. The molecule has 8 heteroatoms. The van der Waals surface area contributed by atoms with Crippen LogP contribution in [0.3, 0.4) is 0 Å². The first-order valence-corrected chi connectivity index (χ1v) is 13.6. The van der Waals surface area contributed by atoms with Gasteiger partial charge in [0, 0.05) is 44.3 Å². The summed E-state index contributed by atoms with van der Waals surface area (Å²) in [6.07, 6.45) is 6.66. The summed E-state index contributed by atoms with van der Waals surface area (Å²) in [5.41, 5.74) is 1.44. The number of rotatable bonds is 7. The Kier molecular flexibility index (Phi) is 8.01. The minimum absolute atomic E-state index is 0.0244. The first kappa shape index (κ1) is 24.8. The maximum absolute atomic E-state index is 13.2. The normalized spacial score (nSPS) is 18.8. The molecule has 2 aromatic carbocycles. The van der Waals surface area contributed by atoms with E-state index in [9.17, 15) is 17.6 Å². The van der Waals surface area contributed by atoms with Crippen LogP contribution < -0.4 is 5.32 Å². The Labute approximate surface area is 202 Å². The van der Waals surface area contributed by atoms with Crippen molar-refractivity contribution in [3.05, 3.63) is 65.5 Å². The van der Waals surface area contributed by atoms with Gasteiger partial charge in [-0.05, 0) is 61.6 Å². The Hall–Kier alpha value is -2.29. The van der Waals surface area contributed by atoms with Crippen LogP contribution in [0.1, 0.15) is 60.9 Å². The number of nitrogens with zero attached hydrogens (tertiary/aromatic N) is 2. The number of carbonyl (C=O) groups is 1. The summed E-state index contributed by atoms with van der Waals surface area (Å²) in [4.78, 5) is 15.4. The molecule has 1 aliphatic heterocycles. The van der Waals surface area contributed by atoms with E-state index in [2.05, 4.69) is 10.2 Å². The number of hydrogen-bond acceptors (Lipinski definition) is 4. The van der Waals surface area contributed by atoms with Gasteiger partial charge >= 0.3 is 0 Å². The zero-order valence-corrected chi connectivity index (χ0v) is 20.6. The number of carbonyl (C=O) groups excluding carboxylic acids is 1. The molecule has 1 amide bonds. The maximum Gasteiger partial charge on any atom is 0.251 e. The molecule has 0 unspecified atom stereocenters. The molecule has 1 saturated heterocycles. The average molecular weight is 488 g/mol.